The fourth-order valence-corrected chi connectivity index (χ4v) is 5.14. The predicted octanol–water partition coefficient (Wildman–Crippen LogP) is 7.07. The molecule has 0 aliphatic heterocycles. The van der Waals surface area contributed by atoms with E-state index in [-0.39, 0.29) is 16.6 Å². The van der Waals surface area contributed by atoms with Crippen molar-refractivity contribution >= 4 is 69.9 Å². The Morgan fingerprint density at radius 3 is 2.41 bits per heavy atom. The Bertz CT molecular complexity index is 1510. The van der Waals surface area contributed by atoms with Crippen LogP contribution < -0.4 is 16.0 Å². The predicted molar refractivity (Wildman–Crippen MR) is 157 cm³/mol. The summed E-state index contributed by atoms with van der Waals surface area (Å²) < 4.78 is 13.4. The van der Waals surface area contributed by atoms with E-state index < -0.39 is 22.9 Å². The third-order valence-corrected chi connectivity index (χ3v) is 7.52. The van der Waals surface area contributed by atoms with Gasteiger partial charge in [-0.2, -0.15) is 0 Å². The molecular formula is C29H23ClFN3O3S2. The van der Waals surface area contributed by atoms with Crippen LogP contribution in [-0.4, -0.2) is 23.0 Å². The topological polar surface area (TPSA) is 87.3 Å². The number of halogens is 2. The van der Waals surface area contributed by atoms with E-state index in [1.165, 1.54) is 41.3 Å². The van der Waals surface area contributed by atoms with Crippen molar-refractivity contribution in [2.45, 2.75) is 17.1 Å². The van der Waals surface area contributed by atoms with Crippen LogP contribution in [0.15, 0.2) is 101 Å². The van der Waals surface area contributed by atoms with Gasteiger partial charge in [-0.05, 0) is 73.0 Å². The smallest absolute Gasteiger partial charge is 0.272 e. The number of hydrogen-bond donors (Lipinski definition) is 3. The molecular weight excluding hydrogens is 557 g/mol. The fourth-order valence-electron chi connectivity index (χ4n) is 3.38. The molecule has 0 spiro atoms. The average molecular weight is 580 g/mol. The zero-order chi connectivity index (χ0) is 27.8. The van der Waals surface area contributed by atoms with Crippen molar-refractivity contribution in [1.82, 2.24) is 5.32 Å². The maximum atomic E-state index is 13.4. The summed E-state index contributed by atoms with van der Waals surface area (Å²) in [6.07, 6.45) is 1.62. The SMILES string of the molecule is CC(Sc1cccc(NC(=O)/C(=C/c2cccs2)NC(=O)c2ccccc2)c1)C(=O)Nc1ccc(F)c(Cl)c1. The number of carbonyl (C=O) groups is 3. The van der Waals surface area contributed by atoms with Crippen LogP contribution in [0.3, 0.4) is 0 Å². The van der Waals surface area contributed by atoms with Crippen LogP contribution >= 0.6 is 34.7 Å². The normalized spacial score (nSPS) is 11.9. The highest BCUT2D eigenvalue weighted by Gasteiger charge is 2.18. The van der Waals surface area contributed by atoms with Gasteiger partial charge in [-0.1, -0.05) is 41.9 Å². The molecule has 6 nitrogen and oxygen atoms in total. The van der Waals surface area contributed by atoms with Crippen LogP contribution in [0.2, 0.25) is 5.02 Å². The summed E-state index contributed by atoms with van der Waals surface area (Å²) >= 11 is 8.52. The summed E-state index contributed by atoms with van der Waals surface area (Å²) in [4.78, 5) is 40.2. The molecule has 1 heterocycles. The Labute approximate surface area is 238 Å². The second-order valence-corrected chi connectivity index (χ2v) is 11.1. The fraction of sp³-hybridized carbons (Fsp3) is 0.0690. The van der Waals surface area contributed by atoms with Crippen LogP contribution in [0.1, 0.15) is 22.2 Å². The lowest BCUT2D eigenvalue weighted by molar-refractivity contribution is -0.115. The Hall–Kier alpha value is -3.92. The summed E-state index contributed by atoms with van der Waals surface area (Å²) in [5.74, 6) is -1.75. The maximum Gasteiger partial charge on any atom is 0.272 e. The molecule has 3 amide bonds. The maximum absolute atomic E-state index is 13.4. The number of thiophene rings is 1. The molecule has 0 saturated carbocycles. The molecule has 0 fully saturated rings. The molecule has 10 heteroatoms. The number of benzene rings is 3. The van der Waals surface area contributed by atoms with Gasteiger partial charge in [0.25, 0.3) is 11.8 Å². The molecule has 3 N–H and O–H groups in total. The van der Waals surface area contributed by atoms with Crippen molar-refractivity contribution in [2.24, 2.45) is 0 Å². The molecule has 0 bridgehead atoms. The molecule has 0 aliphatic carbocycles. The van der Waals surface area contributed by atoms with Crippen molar-refractivity contribution in [3.8, 4) is 0 Å². The Morgan fingerprint density at radius 1 is 0.923 bits per heavy atom. The number of rotatable bonds is 9. The van der Waals surface area contributed by atoms with E-state index in [0.29, 0.717) is 16.9 Å². The lowest BCUT2D eigenvalue weighted by Crippen LogP contribution is -2.30. The molecule has 4 aromatic rings. The lowest BCUT2D eigenvalue weighted by Gasteiger charge is -2.14. The molecule has 3 aromatic carbocycles. The Morgan fingerprint density at radius 2 is 1.69 bits per heavy atom. The quantitative estimate of drug-likeness (QED) is 0.146. The first-order chi connectivity index (χ1) is 18.8. The van der Waals surface area contributed by atoms with Crippen molar-refractivity contribution in [1.29, 1.82) is 0 Å². The zero-order valence-corrected chi connectivity index (χ0v) is 23.0. The van der Waals surface area contributed by atoms with E-state index in [2.05, 4.69) is 16.0 Å². The van der Waals surface area contributed by atoms with E-state index in [4.69, 9.17) is 11.6 Å². The summed E-state index contributed by atoms with van der Waals surface area (Å²) in [7, 11) is 0. The molecule has 1 atom stereocenters. The highest BCUT2D eigenvalue weighted by Crippen LogP contribution is 2.27. The molecule has 0 aliphatic rings. The van der Waals surface area contributed by atoms with Gasteiger partial charge in [0.2, 0.25) is 5.91 Å². The number of nitrogens with one attached hydrogen (secondary N) is 3. The second-order valence-electron chi connectivity index (χ2n) is 8.25. The minimum atomic E-state index is -0.566. The van der Waals surface area contributed by atoms with E-state index in [9.17, 15) is 18.8 Å². The van der Waals surface area contributed by atoms with E-state index in [1.54, 1.807) is 61.5 Å². The first-order valence-electron chi connectivity index (χ1n) is 11.7. The summed E-state index contributed by atoms with van der Waals surface area (Å²) in [5.41, 5.74) is 1.41. The standard InChI is InChI=1S/C29H23ClFN3O3S2/c1-18(27(35)32-21-12-13-25(31)24(30)16-21)39-23-10-5-9-20(15-23)33-29(37)26(17-22-11-6-14-38-22)34-28(36)19-7-3-2-4-8-19/h2-18H,1H3,(H,32,35)(H,33,37)(H,34,36)/b26-17-. The van der Waals surface area contributed by atoms with Gasteiger partial charge < -0.3 is 16.0 Å². The lowest BCUT2D eigenvalue weighted by atomic mass is 10.2. The highest BCUT2D eigenvalue weighted by atomic mass is 35.5. The first-order valence-corrected chi connectivity index (χ1v) is 13.9. The molecule has 39 heavy (non-hydrogen) atoms. The van der Waals surface area contributed by atoms with Gasteiger partial charge in [-0.15, -0.1) is 23.1 Å². The van der Waals surface area contributed by atoms with Gasteiger partial charge in [-0.25, -0.2) is 4.39 Å². The van der Waals surface area contributed by atoms with Crippen molar-refractivity contribution < 1.29 is 18.8 Å². The first kappa shape index (κ1) is 28.1. The summed E-state index contributed by atoms with van der Waals surface area (Å²) in [6, 6.07) is 23.3. The molecule has 4 rings (SSSR count). The van der Waals surface area contributed by atoms with Crippen LogP contribution in [0.25, 0.3) is 6.08 Å². The van der Waals surface area contributed by atoms with E-state index >= 15 is 0 Å². The molecule has 1 unspecified atom stereocenters. The summed E-state index contributed by atoms with van der Waals surface area (Å²) in [6.45, 7) is 1.73. The van der Waals surface area contributed by atoms with Crippen LogP contribution in [0.5, 0.6) is 0 Å². The number of amides is 3. The van der Waals surface area contributed by atoms with Crippen LogP contribution in [0, 0.1) is 5.82 Å². The van der Waals surface area contributed by atoms with Gasteiger partial charge >= 0.3 is 0 Å². The largest absolute Gasteiger partial charge is 0.325 e. The van der Waals surface area contributed by atoms with Gasteiger partial charge in [0.15, 0.2) is 0 Å². The molecule has 0 saturated heterocycles. The minimum absolute atomic E-state index is 0.0796. The number of carbonyl (C=O) groups excluding carboxylic acids is 3. The van der Waals surface area contributed by atoms with Crippen LogP contribution in [-0.2, 0) is 9.59 Å². The highest BCUT2D eigenvalue weighted by molar-refractivity contribution is 8.00. The summed E-state index contributed by atoms with van der Waals surface area (Å²) in [5, 5.41) is 9.55. The average Bonchev–Trinajstić information content (AvgIpc) is 3.44. The van der Waals surface area contributed by atoms with Crippen molar-refractivity contribution in [3.05, 3.63) is 117 Å². The van der Waals surface area contributed by atoms with E-state index in [1.807, 2.05) is 23.6 Å². The van der Waals surface area contributed by atoms with Gasteiger partial charge in [0.1, 0.15) is 11.5 Å². The van der Waals surface area contributed by atoms with Crippen LogP contribution in [0.4, 0.5) is 15.8 Å². The molecule has 198 valence electrons. The number of thioether (sulfide) groups is 1. The van der Waals surface area contributed by atoms with Crippen molar-refractivity contribution in [3.63, 3.8) is 0 Å². The van der Waals surface area contributed by atoms with Crippen molar-refractivity contribution in [2.75, 3.05) is 10.6 Å². The third-order valence-electron chi connectivity index (χ3n) is 5.32. The van der Waals surface area contributed by atoms with Gasteiger partial charge in [0, 0.05) is 26.7 Å². The van der Waals surface area contributed by atoms with Gasteiger partial charge in [0.05, 0.1) is 10.3 Å². The Balaban J connectivity index is 1.44. The Kier molecular flexibility index (Phi) is 9.54. The number of hydrogen-bond acceptors (Lipinski definition) is 5. The van der Waals surface area contributed by atoms with E-state index in [0.717, 1.165) is 9.77 Å². The number of anilines is 2. The van der Waals surface area contributed by atoms with Gasteiger partial charge in [-0.3, -0.25) is 14.4 Å². The third kappa shape index (κ3) is 8.03. The second kappa shape index (κ2) is 13.2. The molecule has 0 radical (unpaired) electrons. The zero-order valence-electron chi connectivity index (χ0n) is 20.6. The minimum Gasteiger partial charge on any atom is -0.325 e. The monoisotopic (exact) mass is 579 g/mol. The molecule has 1 aromatic heterocycles.